The molecule has 0 saturated heterocycles. The van der Waals surface area contributed by atoms with Gasteiger partial charge in [-0.1, -0.05) is 116 Å². The molecule has 0 amide bonds. The van der Waals surface area contributed by atoms with Gasteiger partial charge in [-0.05, 0) is 91.9 Å². The van der Waals surface area contributed by atoms with Crippen LogP contribution in [0.2, 0.25) is 13.1 Å². The van der Waals surface area contributed by atoms with E-state index in [4.69, 9.17) is 4.98 Å². The van der Waals surface area contributed by atoms with Gasteiger partial charge in [0, 0.05) is 17.0 Å². The first-order chi connectivity index (χ1) is 24.0. The highest BCUT2D eigenvalue weighted by molar-refractivity contribution is 7.00. The Morgan fingerprint density at radius 2 is 1.36 bits per heavy atom. The Bertz CT molecular complexity index is 2540. The number of rotatable bonds is 6. The number of nitrogens with zero attached hydrogens (tertiary/aromatic N) is 4. The van der Waals surface area contributed by atoms with Crippen molar-refractivity contribution < 1.29 is 4.57 Å². The van der Waals surface area contributed by atoms with Crippen LogP contribution >= 0.6 is 0 Å². The Labute approximate surface area is 296 Å². The molecule has 5 aromatic carbocycles. The summed E-state index contributed by atoms with van der Waals surface area (Å²) in [6.45, 7) is 16.3. The van der Waals surface area contributed by atoms with Crippen molar-refractivity contribution in [3.05, 3.63) is 145 Å². The second kappa shape index (κ2) is 12.0. The van der Waals surface area contributed by atoms with Crippen molar-refractivity contribution in [2.75, 3.05) is 0 Å². The molecular weight excluding hydrogens is 625 g/mol. The molecule has 0 saturated carbocycles. The fourth-order valence-corrected chi connectivity index (χ4v) is 9.99. The smallest absolute Gasteiger partial charge is 0.250 e. The lowest BCUT2D eigenvalue weighted by Gasteiger charge is -2.24. The molecule has 0 spiro atoms. The number of fused-ring (bicyclic) bond motifs is 4. The van der Waals surface area contributed by atoms with E-state index in [1.54, 1.807) is 0 Å². The summed E-state index contributed by atoms with van der Waals surface area (Å²) in [5.41, 5.74) is 9.81. The predicted octanol–water partition coefficient (Wildman–Crippen LogP) is 9.78. The van der Waals surface area contributed by atoms with Gasteiger partial charge in [-0.15, -0.1) is 0 Å². The van der Waals surface area contributed by atoms with Crippen molar-refractivity contribution in [1.82, 2.24) is 14.1 Å². The third-order valence-electron chi connectivity index (χ3n) is 10.5. The second-order valence-corrected chi connectivity index (χ2v) is 19.8. The van der Waals surface area contributed by atoms with Gasteiger partial charge in [0.2, 0.25) is 6.33 Å². The minimum absolute atomic E-state index is 0.0312. The van der Waals surface area contributed by atoms with Crippen molar-refractivity contribution in [1.29, 1.82) is 0 Å². The SMILES string of the molecule is CC(C)c1ccccc1-c1ccnc(-n2c3ccccc3c3ccc([Si](C)(C)c4cccc(-n5c[n+](C(C)(C)C)c6ccccc65)c4)cc32)c1. The van der Waals surface area contributed by atoms with Crippen molar-refractivity contribution in [2.24, 2.45) is 0 Å². The maximum absolute atomic E-state index is 4.99. The van der Waals surface area contributed by atoms with Gasteiger partial charge in [0.15, 0.2) is 11.0 Å². The Hall–Kier alpha value is -5.26. The lowest BCUT2D eigenvalue weighted by atomic mass is 9.93. The van der Waals surface area contributed by atoms with Gasteiger partial charge in [-0.25, -0.2) is 9.55 Å². The zero-order chi connectivity index (χ0) is 34.8. The van der Waals surface area contributed by atoms with Gasteiger partial charge in [0.25, 0.3) is 0 Å². The Balaban J connectivity index is 1.27. The molecule has 0 fully saturated rings. The summed E-state index contributed by atoms with van der Waals surface area (Å²) in [5, 5.41) is 5.30. The maximum Gasteiger partial charge on any atom is 0.250 e. The van der Waals surface area contributed by atoms with Crippen molar-refractivity contribution in [3.8, 4) is 22.6 Å². The minimum Gasteiger partial charge on any atom is -0.294 e. The molecule has 8 rings (SSSR count). The highest BCUT2D eigenvalue weighted by Gasteiger charge is 2.30. The van der Waals surface area contributed by atoms with E-state index in [0.29, 0.717) is 5.92 Å². The van der Waals surface area contributed by atoms with E-state index in [-0.39, 0.29) is 5.54 Å². The van der Waals surface area contributed by atoms with E-state index in [9.17, 15) is 0 Å². The summed E-state index contributed by atoms with van der Waals surface area (Å²) in [7, 11) is -2.14. The number of benzene rings is 5. The fourth-order valence-electron chi connectivity index (χ4n) is 7.64. The Morgan fingerprint density at radius 1 is 0.660 bits per heavy atom. The van der Waals surface area contributed by atoms with E-state index < -0.39 is 8.07 Å². The maximum atomic E-state index is 4.99. The molecule has 3 aromatic heterocycles. The zero-order valence-corrected chi connectivity index (χ0v) is 31.1. The Kier molecular flexibility index (Phi) is 7.65. The van der Waals surface area contributed by atoms with Crippen LogP contribution in [0.4, 0.5) is 0 Å². The standard InChI is InChI=1S/C45H45N4Si/c1-31(2)36-17-8-9-18-37(36)32-25-26-46-44(27-32)49-40-20-11-10-19-38(40)39-24-23-35(29-43(39)49)50(6,7)34-16-14-15-33(28-34)47-30-48(45(3,4)5)42-22-13-12-21-41(42)47/h8-31H,1-7H3/q+1. The number of aromatic nitrogens is 4. The summed E-state index contributed by atoms with van der Waals surface area (Å²) in [6, 6.07) is 47.0. The first-order valence-electron chi connectivity index (χ1n) is 17.7. The van der Waals surface area contributed by atoms with Gasteiger partial charge >= 0.3 is 0 Å². The molecule has 0 N–H and O–H groups in total. The molecule has 0 aliphatic carbocycles. The highest BCUT2D eigenvalue weighted by atomic mass is 28.3. The lowest BCUT2D eigenvalue weighted by molar-refractivity contribution is -0.731. The van der Waals surface area contributed by atoms with Crippen molar-refractivity contribution >= 4 is 51.3 Å². The monoisotopic (exact) mass is 669 g/mol. The van der Waals surface area contributed by atoms with Crippen LogP contribution in [0.1, 0.15) is 46.1 Å². The fraction of sp³-hybridized carbons (Fsp3) is 0.200. The molecule has 3 heterocycles. The molecule has 0 radical (unpaired) electrons. The molecular formula is C45H45N4Si+. The van der Waals surface area contributed by atoms with Crippen LogP contribution in [0.15, 0.2) is 140 Å². The molecule has 5 heteroatoms. The van der Waals surface area contributed by atoms with Gasteiger partial charge < -0.3 is 0 Å². The normalized spacial score (nSPS) is 12.5. The average molecular weight is 670 g/mol. The van der Waals surface area contributed by atoms with Crippen molar-refractivity contribution in [3.63, 3.8) is 0 Å². The Morgan fingerprint density at radius 3 is 2.16 bits per heavy atom. The van der Waals surface area contributed by atoms with E-state index in [0.717, 1.165) is 5.82 Å². The zero-order valence-electron chi connectivity index (χ0n) is 30.1. The van der Waals surface area contributed by atoms with Gasteiger partial charge in [-0.3, -0.25) is 4.57 Å². The molecule has 4 nitrogen and oxygen atoms in total. The van der Waals surface area contributed by atoms with E-state index in [1.165, 1.54) is 65.6 Å². The molecule has 0 atom stereocenters. The first-order valence-corrected chi connectivity index (χ1v) is 20.7. The van der Waals surface area contributed by atoms with Gasteiger partial charge in [0.1, 0.15) is 25.1 Å². The molecule has 0 aliphatic heterocycles. The third kappa shape index (κ3) is 5.28. The number of hydrogen-bond donors (Lipinski definition) is 0. The van der Waals surface area contributed by atoms with Crippen molar-refractivity contribution in [2.45, 2.75) is 59.2 Å². The van der Waals surface area contributed by atoms with Gasteiger partial charge in [0.05, 0.1) is 11.0 Å². The number of imidazole rings is 1. The second-order valence-electron chi connectivity index (χ2n) is 15.4. The third-order valence-corrected chi connectivity index (χ3v) is 14.0. The number of pyridine rings is 1. The molecule has 0 unspecified atom stereocenters. The molecule has 248 valence electrons. The largest absolute Gasteiger partial charge is 0.294 e. The summed E-state index contributed by atoms with van der Waals surface area (Å²) in [4.78, 5) is 4.99. The molecule has 50 heavy (non-hydrogen) atoms. The van der Waals surface area contributed by atoms with E-state index in [2.05, 4.69) is 195 Å². The van der Waals surface area contributed by atoms with E-state index >= 15 is 0 Å². The number of hydrogen-bond acceptors (Lipinski definition) is 1. The molecule has 0 aliphatic rings. The van der Waals surface area contributed by atoms with Crippen LogP contribution < -0.4 is 14.9 Å². The van der Waals surface area contributed by atoms with E-state index in [1.807, 2.05) is 6.20 Å². The summed E-state index contributed by atoms with van der Waals surface area (Å²) in [5.74, 6) is 1.37. The summed E-state index contributed by atoms with van der Waals surface area (Å²) < 4.78 is 7.11. The lowest BCUT2D eigenvalue weighted by Crippen LogP contribution is -2.53. The summed E-state index contributed by atoms with van der Waals surface area (Å²) in [6.07, 6.45) is 4.23. The first kappa shape index (κ1) is 32.0. The highest BCUT2D eigenvalue weighted by Crippen LogP contribution is 2.34. The van der Waals surface area contributed by atoms with Crippen LogP contribution in [-0.4, -0.2) is 22.2 Å². The predicted molar refractivity (Wildman–Crippen MR) is 213 cm³/mol. The van der Waals surface area contributed by atoms with Crippen LogP contribution in [0.3, 0.4) is 0 Å². The molecule has 8 aromatic rings. The topological polar surface area (TPSA) is 26.6 Å². The van der Waals surface area contributed by atoms with Crippen LogP contribution in [0, 0.1) is 0 Å². The summed E-state index contributed by atoms with van der Waals surface area (Å²) >= 11 is 0. The quantitative estimate of drug-likeness (QED) is 0.128. The van der Waals surface area contributed by atoms with Crippen LogP contribution in [-0.2, 0) is 5.54 Å². The molecule has 0 bridgehead atoms. The van der Waals surface area contributed by atoms with Crippen LogP contribution in [0.5, 0.6) is 0 Å². The number of para-hydroxylation sites is 3. The van der Waals surface area contributed by atoms with Crippen LogP contribution in [0.25, 0.3) is 55.5 Å². The average Bonchev–Trinajstić information content (AvgIpc) is 3.68. The minimum atomic E-state index is -2.14. The van der Waals surface area contributed by atoms with Gasteiger partial charge in [-0.2, -0.15) is 4.57 Å².